The lowest BCUT2D eigenvalue weighted by molar-refractivity contribution is 0.397. The maximum Gasteiger partial charge on any atom is 0.246 e. The highest BCUT2D eigenvalue weighted by molar-refractivity contribution is 7.89. The van der Waals surface area contributed by atoms with Crippen LogP contribution < -0.4 is 5.32 Å². The van der Waals surface area contributed by atoms with E-state index in [1.807, 2.05) is 13.0 Å². The van der Waals surface area contributed by atoms with Gasteiger partial charge in [0.05, 0.1) is 17.9 Å². The van der Waals surface area contributed by atoms with Gasteiger partial charge in [0, 0.05) is 13.6 Å². The molecular formula is C13H20N4O3S. The Bertz CT molecular complexity index is 718. The maximum absolute atomic E-state index is 12.7. The van der Waals surface area contributed by atoms with E-state index in [1.165, 1.54) is 11.4 Å². The van der Waals surface area contributed by atoms with E-state index in [4.69, 9.17) is 4.42 Å². The van der Waals surface area contributed by atoms with Crippen molar-refractivity contribution in [3.63, 3.8) is 0 Å². The van der Waals surface area contributed by atoms with Gasteiger partial charge in [-0.05, 0) is 33.0 Å². The molecule has 7 nitrogen and oxygen atoms in total. The van der Waals surface area contributed by atoms with Crippen molar-refractivity contribution in [2.45, 2.75) is 31.8 Å². The largest absolute Gasteiger partial charge is 0.465 e. The summed E-state index contributed by atoms with van der Waals surface area (Å²) in [6.45, 7) is 4.08. The first kappa shape index (κ1) is 15.7. The first-order valence-corrected chi connectivity index (χ1v) is 8.00. The maximum atomic E-state index is 12.7. The number of sulfonamides is 1. The minimum atomic E-state index is -3.63. The van der Waals surface area contributed by atoms with E-state index in [9.17, 15) is 8.42 Å². The zero-order valence-electron chi connectivity index (χ0n) is 12.6. The number of hydrogen-bond acceptors (Lipinski definition) is 5. The Labute approximate surface area is 124 Å². The van der Waals surface area contributed by atoms with Crippen LogP contribution in [-0.2, 0) is 23.1 Å². The van der Waals surface area contributed by atoms with Gasteiger partial charge in [-0.2, -0.15) is 9.40 Å². The molecular weight excluding hydrogens is 292 g/mol. The normalized spacial score (nSPS) is 12.2. The predicted octanol–water partition coefficient (Wildman–Crippen LogP) is 1.16. The van der Waals surface area contributed by atoms with Crippen LogP contribution in [0.1, 0.15) is 22.9 Å². The fraction of sp³-hybridized carbons (Fsp3) is 0.462. The summed E-state index contributed by atoms with van der Waals surface area (Å²) in [7, 11) is -0.352. The van der Waals surface area contributed by atoms with Gasteiger partial charge in [0.15, 0.2) is 0 Å². The van der Waals surface area contributed by atoms with Crippen molar-refractivity contribution in [2.24, 2.45) is 0 Å². The minimum Gasteiger partial charge on any atom is -0.465 e. The Morgan fingerprint density at radius 3 is 2.67 bits per heavy atom. The first-order chi connectivity index (χ1) is 9.86. The number of nitrogens with zero attached hydrogens (tertiary/aromatic N) is 2. The summed E-state index contributed by atoms with van der Waals surface area (Å²) in [4.78, 5) is 0.225. The van der Waals surface area contributed by atoms with Gasteiger partial charge in [0.25, 0.3) is 0 Å². The Hall–Kier alpha value is -1.64. The fourth-order valence-corrected chi connectivity index (χ4v) is 3.59. The lowest BCUT2D eigenvalue weighted by Gasteiger charge is -2.16. The summed E-state index contributed by atoms with van der Waals surface area (Å²) in [5, 5.41) is 9.70. The first-order valence-electron chi connectivity index (χ1n) is 6.56. The average molecular weight is 312 g/mol. The molecule has 2 aromatic heterocycles. The molecule has 0 saturated heterocycles. The third-order valence-corrected chi connectivity index (χ3v) is 5.16. The van der Waals surface area contributed by atoms with Crippen molar-refractivity contribution in [2.75, 3.05) is 14.1 Å². The summed E-state index contributed by atoms with van der Waals surface area (Å²) in [5.74, 6) is 1.36. The second-order valence-electron chi connectivity index (χ2n) is 4.93. The smallest absolute Gasteiger partial charge is 0.246 e. The molecule has 21 heavy (non-hydrogen) atoms. The molecule has 2 aromatic rings. The number of aromatic nitrogens is 2. The van der Waals surface area contributed by atoms with Crippen LogP contribution in [0.4, 0.5) is 0 Å². The highest BCUT2D eigenvalue weighted by Crippen LogP contribution is 2.23. The number of rotatable bonds is 6. The van der Waals surface area contributed by atoms with Gasteiger partial charge >= 0.3 is 0 Å². The topological polar surface area (TPSA) is 91.2 Å². The molecule has 0 aliphatic rings. The molecule has 0 fully saturated rings. The molecule has 0 aliphatic carbocycles. The van der Waals surface area contributed by atoms with E-state index in [0.29, 0.717) is 23.7 Å². The average Bonchev–Trinajstić information content (AvgIpc) is 2.97. The van der Waals surface area contributed by atoms with Crippen molar-refractivity contribution >= 4 is 10.0 Å². The van der Waals surface area contributed by atoms with E-state index >= 15 is 0 Å². The molecule has 0 saturated carbocycles. The second kappa shape index (κ2) is 6.00. The Morgan fingerprint density at radius 1 is 1.38 bits per heavy atom. The van der Waals surface area contributed by atoms with Crippen molar-refractivity contribution in [3.05, 3.63) is 35.0 Å². The fourth-order valence-electron chi connectivity index (χ4n) is 2.13. The van der Waals surface area contributed by atoms with Crippen LogP contribution >= 0.6 is 0 Å². The molecule has 8 heteroatoms. The van der Waals surface area contributed by atoms with Crippen molar-refractivity contribution < 1.29 is 12.8 Å². The molecule has 0 amide bonds. The number of nitrogens with one attached hydrogen (secondary N) is 2. The van der Waals surface area contributed by atoms with Crippen LogP contribution in [-0.4, -0.2) is 37.0 Å². The van der Waals surface area contributed by atoms with Gasteiger partial charge in [-0.25, -0.2) is 8.42 Å². The van der Waals surface area contributed by atoms with Crippen LogP contribution in [0.3, 0.4) is 0 Å². The van der Waals surface area contributed by atoms with E-state index in [0.717, 1.165) is 5.76 Å². The number of aryl methyl sites for hydroxylation is 2. The number of H-pyrrole nitrogens is 1. The van der Waals surface area contributed by atoms with E-state index < -0.39 is 10.0 Å². The Morgan fingerprint density at radius 2 is 2.10 bits per heavy atom. The standard InChI is InChI=1S/C13H20N4O3S/c1-9-5-6-11(20-9)8-17(4)21(18,19)13-10(2)15-16-12(13)7-14-3/h5-6,14H,7-8H2,1-4H3,(H,15,16). The van der Waals surface area contributed by atoms with Crippen LogP contribution in [0.15, 0.2) is 21.4 Å². The molecule has 0 aliphatic heterocycles. The summed E-state index contributed by atoms with van der Waals surface area (Å²) in [5.41, 5.74) is 1.01. The number of aromatic amines is 1. The Kier molecular flexibility index (Phi) is 4.50. The SMILES string of the molecule is CNCc1n[nH]c(C)c1S(=O)(=O)N(C)Cc1ccc(C)o1. The molecule has 2 rings (SSSR count). The minimum absolute atomic E-state index is 0.180. The van der Waals surface area contributed by atoms with Gasteiger partial charge in [0.2, 0.25) is 10.0 Å². The third-order valence-electron chi connectivity index (χ3n) is 3.15. The number of hydrogen-bond donors (Lipinski definition) is 2. The van der Waals surface area contributed by atoms with E-state index in [2.05, 4.69) is 15.5 Å². The zero-order chi connectivity index (χ0) is 15.6. The summed E-state index contributed by atoms with van der Waals surface area (Å²) >= 11 is 0. The third kappa shape index (κ3) is 3.17. The van der Waals surface area contributed by atoms with E-state index in [1.54, 1.807) is 20.0 Å². The highest BCUT2D eigenvalue weighted by atomic mass is 32.2. The van der Waals surface area contributed by atoms with Crippen LogP contribution in [0.5, 0.6) is 0 Å². The zero-order valence-corrected chi connectivity index (χ0v) is 13.4. The van der Waals surface area contributed by atoms with Gasteiger partial charge in [0.1, 0.15) is 16.4 Å². The summed E-state index contributed by atoms with van der Waals surface area (Å²) in [6.07, 6.45) is 0. The van der Waals surface area contributed by atoms with Crippen LogP contribution in [0.25, 0.3) is 0 Å². The lowest BCUT2D eigenvalue weighted by atomic mass is 10.4. The van der Waals surface area contributed by atoms with Crippen LogP contribution in [0.2, 0.25) is 0 Å². The molecule has 2 heterocycles. The van der Waals surface area contributed by atoms with Crippen molar-refractivity contribution in [3.8, 4) is 0 Å². The van der Waals surface area contributed by atoms with Crippen LogP contribution in [0, 0.1) is 13.8 Å². The lowest BCUT2D eigenvalue weighted by Crippen LogP contribution is -2.28. The molecule has 0 unspecified atom stereocenters. The summed E-state index contributed by atoms with van der Waals surface area (Å²) in [6, 6.07) is 3.59. The molecule has 0 radical (unpaired) electrons. The van der Waals surface area contributed by atoms with Gasteiger partial charge in [-0.1, -0.05) is 0 Å². The monoisotopic (exact) mass is 312 g/mol. The quantitative estimate of drug-likeness (QED) is 0.835. The van der Waals surface area contributed by atoms with Gasteiger partial charge in [-0.15, -0.1) is 0 Å². The highest BCUT2D eigenvalue weighted by Gasteiger charge is 2.28. The van der Waals surface area contributed by atoms with E-state index in [-0.39, 0.29) is 11.4 Å². The predicted molar refractivity (Wildman–Crippen MR) is 78.2 cm³/mol. The second-order valence-corrected chi connectivity index (χ2v) is 6.91. The molecule has 0 atom stereocenters. The van der Waals surface area contributed by atoms with Crippen molar-refractivity contribution in [1.82, 2.24) is 19.8 Å². The number of furan rings is 1. The van der Waals surface area contributed by atoms with Crippen molar-refractivity contribution in [1.29, 1.82) is 0 Å². The molecule has 116 valence electrons. The summed E-state index contributed by atoms with van der Waals surface area (Å²) < 4.78 is 32.1. The molecule has 0 bridgehead atoms. The molecule has 0 aromatic carbocycles. The Balaban J connectivity index is 2.30. The molecule has 0 spiro atoms. The van der Waals surface area contributed by atoms with Gasteiger partial charge in [-0.3, -0.25) is 5.10 Å². The van der Waals surface area contributed by atoms with Gasteiger partial charge < -0.3 is 9.73 Å². The molecule has 2 N–H and O–H groups in total.